The smallest absolute Gasteiger partial charge is 0.410 e. The molecule has 5 aliphatic rings. The summed E-state index contributed by atoms with van der Waals surface area (Å²) in [6, 6.07) is 33.8. The van der Waals surface area contributed by atoms with Crippen LogP contribution >= 0.6 is 0 Å². The van der Waals surface area contributed by atoms with E-state index in [2.05, 4.69) is 29.9 Å². The van der Waals surface area contributed by atoms with Gasteiger partial charge < -0.3 is 39.4 Å². The van der Waals surface area contributed by atoms with Crippen LogP contribution in [0.1, 0.15) is 106 Å². The Kier molecular flexibility index (Phi) is 13.5. The zero-order valence-corrected chi connectivity index (χ0v) is 39.8. The second kappa shape index (κ2) is 20.0. The van der Waals surface area contributed by atoms with Gasteiger partial charge in [0.1, 0.15) is 54.8 Å². The van der Waals surface area contributed by atoms with Gasteiger partial charge in [0.05, 0.1) is 13.1 Å². The Bertz CT molecular complexity index is 2870. The van der Waals surface area contributed by atoms with Gasteiger partial charge in [-0.05, 0) is 111 Å². The number of nitrogens with zero attached hydrogens (tertiary/aromatic N) is 3. The molecule has 5 heterocycles. The lowest BCUT2D eigenvalue weighted by Gasteiger charge is -2.31. The zero-order valence-electron chi connectivity index (χ0n) is 39.8. The summed E-state index contributed by atoms with van der Waals surface area (Å²) >= 11 is 0. The van der Waals surface area contributed by atoms with Crippen molar-refractivity contribution in [1.82, 2.24) is 25.3 Å². The van der Waals surface area contributed by atoms with Gasteiger partial charge in [-0.2, -0.15) is 0 Å². The minimum absolute atomic E-state index is 0.129. The van der Waals surface area contributed by atoms with Crippen molar-refractivity contribution in [3.8, 4) is 17.2 Å². The van der Waals surface area contributed by atoms with E-state index in [9.17, 15) is 24.0 Å². The van der Waals surface area contributed by atoms with Gasteiger partial charge in [-0.15, -0.1) is 0 Å². The quantitative estimate of drug-likeness (QED) is 0.132. The molecule has 0 aromatic heterocycles. The molecule has 2 atom stereocenters. The molecular formula is C56H57N5O9. The first-order valence-corrected chi connectivity index (χ1v) is 23.6. The van der Waals surface area contributed by atoms with Crippen LogP contribution in [-0.4, -0.2) is 62.1 Å². The minimum Gasteiger partial charge on any atom is -0.489 e. The van der Waals surface area contributed by atoms with Gasteiger partial charge in [-0.25, -0.2) is 4.79 Å². The highest BCUT2D eigenvalue weighted by Gasteiger charge is 2.41. The third-order valence-electron chi connectivity index (χ3n) is 12.9. The lowest BCUT2D eigenvalue weighted by atomic mass is 10.0. The number of benzene rings is 5. The summed E-state index contributed by atoms with van der Waals surface area (Å²) in [5.41, 5.74) is 8.91. The van der Waals surface area contributed by atoms with Crippen LogP contribution < -0.4 is 24.8 Å². The van der Waals surface area contributed by atoms with Gasteiger partial charge in [-0.3, -0.25) is 24.1 Å². The summed E-state index contributed by atoms with van der Waals surface area (Å²) < 4.78 is 23.6. The van der Waals surface area contributed by atoms with E-state index in [1.807, 2.05) is 106 Å². The predicted molar refractivity (Wildman–Crippen MR) is 261 cm³/mol. The van der Waals surface area contributed by atoms with Crippen molar-refractivity contribution < 1.29 is 42.9 Å². The molecule has 5 aromatic rings. The number of para-hydroxylation sites is 1. The topological polar surface area (TPSA) is 156 Å². The number of hydrogen-bond donors (Lipinski definition) is 2. The van der Waals surface area contributed by atoms with Crippen LogP contribution in [0.25, 0.3) is 0 Å². The highest BCUT2D eigenvalue weighted by Crippen LogP contribution is 2.36. The summed E-state index contributed by atoms with van der Waals surface area (Å²) in [6.45, 7) is 16.1. The van der Waals surface area contributed by atoms with Crippen molar-refractivity contribution >= 4 is 29.7 Å². The predicted octanol–water partition coefficient (Wildman–Crippen LogP) is 8.86. The van der Waals surface area contributed by atoms with E-state index in [4.69, 9.17) is 18.9 Å². The van der Waals surface area contributed by atoms with Gasteiger partial charge in [0.15, 0.2) is 0 Å². The van der Waals surface area contributed by atoms with E-state index in [0.29, 0.717) is 106 Å². The van der Waals surface area contributed by atoms with Crippen molar-refractivity contribution in [2.45, 2.75) is 110 Å². The fourth-order valence-corrected chi connectivity index (χ4v) is 9.28. The lowest BCUT2D eigenvalue weighted by Crippen LogP contribution is -2.49. The van der Waals surface area contributed by atoms with Crippen LogP contribution in [0.15, 0.2) is 134 Å². The molecule has 0 saturated carbocycles. The number of piperidine rings is 2. The van der Waals surface area contributed by atoms with E-state index < -0.39 is 17.7 Å². The normalized spacial score (nSPS) is 18.3. The summed E-state index contributed by atoms with van der Waals surface area (Å²) in [5, 5.41) is 5.54. The SMILES string of the molecule is C=C1CCC(N2Cc3c(OCc4ccc(COc5ccccc5)cc4)cccc3C2=O)C(=O)N1.C=C1CCC(N2Cc3c(OCc4ccc5c(c4)CN(C(=O)OC(C)(C)C)C5)cccc3C2=O)C(=O)N1. The van der Waals surface area contributed by atoms with Crippen LogP contribution in [-0.2, 0) is 60.3 Å². The van der Waals surface area contributed by atoms with E-state index in [1.54, 1.807) is 32.9 Å². The fraction of sp³-hybridized carbons (Fsp3) is 0.304. The Hall–Kier alpha value is -7.87. The largest absolute Gasteiger partial charge is 0.489 e. The number of carbonyl (C=O) groups excluding carboxylic acids is 5. The first kappa shape index (κ1) is 47.2. The maximum Gasteiger partial charge on any atom is 0.410 e. The molecule has 14 nitrogen and oxygen atoms in total. The zero-order chi connectivity index (χ0) is 49.1. The first-order chi connectivity index (χ1) is 33.7. The van der Waals surface area contributed by atoms with Crippen molar-refractivity contribution in [1.29, 1.82) is 0 Å². The van der Waals surface area contributed by atoms with Crippen LogP contribution in [0.2, 0.25) is 0 Å². The Labute approximate surface area is 407 Å². The number of carbonyl (C=O) groups is 5. The molecule has 0 radical (unpaired) electrons. The standard InChI is InChI=1S/C28H31N3O5.C28H26N2O4/c1-17-8-11-23(25(32)29-17)31-15-22-21(26(31)33)6-5-7-24(22)35-16-18-9-10-19-13-30(14-20(19)12-18)27(34)36-28(2,3)4;1-19-10-15-25(27(31)29-19)30-16-24-23(28(30)32)8-5-9-26(24)34-18-21-13-11-20(12-14-21)17-33-22-6-3-2-4-7-22/h5-7,9-10,12,23H,1,8,11,13-16H2,2-4H3,(H,29,32);2-9,11-14,25H,1,10,15-18H2,(H,29,31). The number of nitrogens with one attached hydrogen (secondary N) is 2. The molecule has 0 aliphatic carbocycles. The Morgan fingerprint density at radius 1 is 0.586 bits per heavy atom. The maximum atomic E-state index is 13.1. The second-order valence-electron chi connectivity index (χ2n) is 19.2. The number of rotatable bonds is 11. The van der Waals surface area contributed by atoms with Crippen molar-refractivity contribution in [2.75, 3.05) is 0 Å². The molecule has 5 aliphatic heterocycles. The molecule has 2 fully saturated rings. The third kappa shape index (κ3) is 10.6. The van der Waals surface area contributed by atoms with Gasteiger partial charge >= 0.3 is 6.09 Å². The van der Waals surface area contributed by atoms with Gasteiger partial charge in [0.2, 0.25) is 11.8 Å². The molecule has 0 bridgehead atoms. The number of fused-ring (bicyclic) bond motifs is 3. The molecule has 5 amide bonds. The maximum absolute atomic E-state index is 13.1. The molecule has 2 saturated heterocycles. The van der Waals surface area contributed by atoms with Crippen molar-refractivity contribution in [3.63, 3.8) is 0 Å². The molecular weight excluding hydrogens is 887 g/mol. The third-order valence-corrected chi connectivity index (χ3v) is 12.9. The van der Waals surface area contributed by atoms with E-state index in [0.717, 1.165) is 44.7 Å². The van der Waals surface area contributed by atoms with Gasteiger partial charge in [0, 0.05) is 46.7 Å². The first-order valence-electron chi connectivity index (χ1n) is 23.6. The van der Waals surface area contributed by atoms with Gasteiger partial charge in [0.25, 0.3) is 11.8 Å². The number of ether oxygens (including phenoxy) is 4. The molecule has 10 rings (SSSR count). The molecule has 5 aromatic carbocycles. The number of hydrogen-bond acceptors (Lipinski definition) is 9. The monoisotopic (exact) mass is 943 g/mol. The Balaban J connectivity index is 0.000000174. The molecule has 360 valence electrons. The lowest BCUT2D eigenvalue weighted by molar-refractivity contribution is -0.127. The Morgan fingerprint density at radius 2 is 1.07 bits per heavy atom. The van der Waals surface area contributed by atoms with Crippen LogP contribution in [0.4, 0.5) is 4.79 Å². The summed E-state index contributed by atoms with van der Waals surface area (Å²) in [4.78, 5) is 68.4. The van der Waals surface area contributed by atoms with E-state index in [-0.39, 0.29) is 29.7 Å². The summed E-state index contributed by atoms with van der Waals surface area (Å²) in [6.07, 6.45) is 2.16. The molecule has 70 heavy (non-hydrogen) atoms. The van der Waals surface area contributed by atoms with Crippen molar-refractivity contribution in [2.24, 2.45) is 0 Å². The number of amides is 5. The summed E-state index contributed by atoms with van der Waals surface area (Å²) in [5.74, 6) is 1.51. The molecule has 2 unspecified atom stereocenters. The average molecular weight is 944 g/mol. The van der Waals surface area contributed by atoms with Crippen molar-refractivity contribution in [3.05, 3.63) is 184 Å². The molecule has 14 heteroatoms. The van der Waals surface area contributed by atoms with Crippen LogP contribution in [0.5, 0.6) is 17.2 Å². The average Bonchev–Trinajstić information content (AvgIpc) is 4.03. The fourth-order valence-electron chi connectivity index (χ4n) is 9.28. The molecule has 0 spiro atoms. The molecule has 2 N–H and O–H groups in total. The summed E-state index contributed by atoms with van der Waals surface area (Å²) in [7, 11) is 0. The van der Waals surface area contributed by atoms with E-state index >= 15 is 0 Å². The number of allylic oxidation sites excluding steroid dienone is 2. The van der Waals surface area contributed by atoms with Gasteiger partial charge in [-0.1, -0.05) is 86.0 Å². The van der Waals surface area contributed by atoms with Crippen LogP contribution in [0.3, 0.4) is 0 Å². The Morgan fingerprint density at radius 3 is 1.59 bits per heavy atom. The minimum atomic E-state index is -0.535. The van der Waals surface area contributed by atoms with E-state index in [1.165, 1.54) is 0 Å². The van der Waals surface area contributed by atoms with Crippen LogP contribution in [0, 0.1) is 0 Å². The highest BCUT2D eigenvalue weighted by atomic mass is 16.6. The second-order valence-corrected chi connectivity index (χ2v) is 19.2. The highest BCUT2D eigenvalue weighted by molar-refractivity contribution is 6.03.